The van der Waals surface area contributed by atoms with Crippen molar-refractivity contribution in [1.29, 1.82) is 0 Å². The summed E-state index contributed by atoms with van der Waals surface area (Å²) in [4.78, 5) is 15.7. The SMILES string of the molecule is CN(CC(=O)N[C@H](c1ccccc1)c1cccs1)Cc1cccc(Cl)c1. The van der Waals surface area contributed by atoms with E-state index in [1.807, 2.05) is 78.0 Å². The summed E-state index contributed by atoms with van der Waals surface area (Å²) in [5, 5.41) is 5.91. The van der Waals surface area contributed by atoms with Gasteiger partial charge in [-0.05, 0) is 41.8 Å². The van der Waals surface area contributed by atoms with Crippen molar-refractivity contribution < 1.29 is 4.79 Å². The molecular weight excluding hydrogens is 364 g/mol. The van der Waals surface area contributed by atoms with Gasteiger partial charge >= 0.3 is 0 Å². The fourth-order valence-electron chi connectivity index (χ4n) is 2.87. The second-order valence-corrected chi connectivity index (χ2v) is 7.64. The minimum atomic E-state index is -0.122. The summed E-state index contributed by atoms with van der Waals surface area (Å²) >= 11 is 7.68. The molecule has 2 aromatic carbocycles. The van der Waals surface area contributed by atoms with E-state index in [2.05, 4.69) is 11.4 Å². The largest absolute Gasteiger partial charge is 0.343 e. The second-order valence-electron chi connectivity index (χ2n) is 6.23. The second kappa shape index (κ2) is 8.99. The van der Waals surface area contributed by atoms with E-state index in [0.717, 1.165) is 16.0 Å². The number of rotatable bonds is 7. The fraction of sp³-hybridized carbons (Fsp3) is 0.190. The van der Waals surface area contributed by atoms with Crippen LogP contribution < -0.4 is 5.32 Å². The monoisotopic (exact) mass is 384 g/mol. The van der Waals surface area contributed by atoms with Gasteiger partial charge < -0.3 is 5.32 Å². The third-order valence-corrected chi connectivity index (χ3v) is 5.19. The van der Waals surface area contributed by atoms with E-state index in [0.29, 0.717) is 18.1 Å². The summed E-state index contributed by atoms with van der Waals surface area (Å²) in [5.41, 5.74) is 2.17. The molecule has 1 amide bonds. The Morgan fingerprint density at radius 2 is 1.92 bits per heavy atom. The lowest BCUT2D eigenvalue weighted by Crippen LogP contribution is -2.37. The quantitative estimate of drug-likeness (QED) is 0.638. The van der Waals surface area contributed by atoms with E-state index >= 15 is 0 Å². The highest BCUT2D eigenvalue weighted by molar-refractivity contribution is 7.10. The first-order valence-corrected chi connectivity index (χ1v) is 9.68. The molecule has 0 saturated heterocycles. The zero-order chi connectivity index (χ0) is 18.4. The number of hydrogen-bond donors (Lipinski definition) is 1. The predicted molar refractivity (Wildman–Crippen MR) is 109 cm³/mol. The number of carbonyl (C=O) groups excluding carboxylic acids is 1. The maximum Gasteiger partial charge on any atom is 0.234 e. The van der Waals surface area contributed by atoms with Gasteiger partial charge in [-0.15, -0.1) is 11.3 Å². The lowest BCUT2D eigenvalue weighted by Gasteiger charge is -2.21. The fourth-order valence-corrected chi connectivity index (χ4v) is 3.89. The lowest BCUT2D eigenvalue weighted by atomic mass is 10.1. The van der Waals surface area contributed by atoms with Gasteiger partial charge in [-0.25, -0.2) is 0 Å². The maximum absolute atomic E-state index is 12.6. The molecule has 1 atom stereocenters. The molecule has 3 rings (SSSR count). The molecule has 0 radical (unpaired) electrons. The van der Waals surface area contributed by atoms with Gasteiger partial charge in [-0.2, -0.15) is 0 Å². The molecule has 1 heterocycles. The Morgan fingerprint density at radius 1 is 1.12 bits per heavy atom. The smallest absolute Gasteiger partial charge is 0.234 e. The minimum Gasteiger partial charge on any atom is -0.343 e. The van der Waals surface area contributed by atoms with Gasteiger partial charge in [0.05, 0.1) is 12.6 Å². The van der Waals surface area contributed by atoms with Crippen molar-refractivity contribution in [2.75, 3.05) is 13.6 Å². The number of nitrogens with zero attached hydrogens (tertiary/aromatic N) is 1. The summed E-state index contributed by atoms with van der Waals surface area (Å²) in [6, 6.07) is 21.7. The highest BCUT2D eigenvalue weighted by Gasteiger charge is 2.18. The summed E-state index contributed by atoms with van der Waals surface area (Å²) in [7, 11) is 1.93. The Labute approximate surface area is 163 Å². The molecule has 0 spiro atoms. The van der Waals surface area contributed by atoms with E-state index in [9.17, 15) is 4.79 Å². The first-order valence-electron chi connectivity index (χ1n) is 8.42. The molecule has 0 aliphatic carbocycles. The Bertz CT molecular complexity index is 836. The number of carbonyl (C=O) groups is 1. The molecule has 0 unspecified atom stereocenters. The van der Waals surface area contributed by atoms with E-state index in [1.54, 1.807) is 11.3 Å². The summed E-state index contributed by atoms with van der Waals surface area (Å²) in [6.45, 7) is 0.990. The molecule has 1 aromatic heterocycles. The molecule has 1 N–H and O–H groups in total. The van der Waals surface area contributed by atoms with Gasteiger partial charge in [0.25, 0.3) is 0 Å². The topological polar surface area (TPSA) is 32.3 Å². The van der Waals surface area contributed by atoms with Crippen LogP contribution in [-0.4, -0.2) is 24.4 Å². The van der Waals surface area contributed by atoms with Crippen LogP contribution in [-0.2, 0) is 11.3 Å². The molecule has 134 valence electrons. The number of thiophene rings is 1. The molecular formula is C21H21ClN2OS. The molecule has 0 fully saturated rings. The predicted octanol–water partition coefficient (Wildman–Crippen LogP) is 4.74. The average molecular weight is 385 g/mol. The Kier molecular flexibility index (Phi) is 6.45. The number of benzene rings is 2. The standard InChI is InChI=1S/C21H21ClN2OS/c1-24(14-16-7-5-10-18(22)13-16)15-20(25)23-21(19-11-6-12-26-19)17-8-3-2-4-9-17/h2-13,21H,14-15H2,1H3,(H,23,25)/t21-/m1/s1. The van der Waals surface area contributed by atoms with E-state index in [4.69, 9.17) is 11.6 Å². The highest BCUT2D eigenvalue weighted by Crippen LogP contribution is 2.25. The van der Waals surface area contributed by atoms with Crippen LogP contribution in [0.4, 0.5) is 0 Å². The van der Waals surface area contributed by atoms with Crippen molar-refractivity contribution in [2.45, 2.75) is 12.6 Å². The van der Waals surface area contributed by atoms with Gasteiger partial charge in [0.1, 0.15) is 0 Å². The van der Waals surface area contributed by atoms with Crippen molar-refractivity contribution in [3.8, 4) is 0 Å². The van der Waals surface area contributed by atoms with E-state index in [-0.39, 0.29) is 11.9 Å². The molecule has 5 heteroatoms. The van der Waals surface area contributed by atoms with Crippen LogP contribution in [0.5, 0.6) is 0 Å². The van der Waals surface area contributed by atoms with Gasteiger partial charge in [-0.1, -0.05) is 60.1 Å². The number of likely N-dealkylation sites (N-methyl/N-ethyl adjacent to an activating group) is 1. The van der Waals surface area contributed by atoms with E-state index in [1.165, 1.54) is 0 Å². The van der Waals surface area contributed by atoms with Crippen LogP contribution >= 0.6 is 22.9 Å². The normalized spacial score (nSPS) is 12.1. The van der Waals surface area contributed by atoms with Gasteiger partial charge in [-0.3, -0.25) is 9.69 Å². The molecule has 3 aromatic rings. The van der Waals surface area contributed by atoms with Crippen LogP contribution in [0.2, 0.25) is 5.02 Å². The van der Waals surface area contributed by atoms with Crippen molar-refractivity contribution in [3.05, 3.63) is 93.1 Å². The van der Waals surface area contributed by atoms with Gasteiger partial charge in [0.15, 0.2) is 0 Å². The molecule has 0 saturated carbocycles. The van der Waals surface area contributed by atoms with Crippen molar-refractivity contribution in [1.82, 2.24) is 10.2 Å². The third-order valence-electron chi connectivity index (χ3n) is 4.02. The van der Waals surface area contributed by atoms with Crippen LogP contribution in [0, 0.1) is 0 Å². The lowest BCUT2D eigenvalue weighted by molar-refractivity contribution is -0.122. The Hall–Kier alpha value is -2.14. The third kappa shape index (κ3) is 5.18. The first kappa shape index (κ1) is 18.6. The minimum absolute atomic E-state index is 0.00298. The molecule has 3 nitrogen and oxygen atoms in total. The van der Waals surface area contributed by atoms with Crippen LogP contribution in [0.15, 0.2) is 72.1 Å². The number of hydrogen-bond acceptors (Lipinski definition) is 3. The Morgan fingerprint density at radius 3 is 2.62 bits per heavy atom. The first-order chi connectivity index (χ1) is 12.6. The maximum atomic E-state index is 12.6. The van der Waals surface area contributed by atoms with E-state index < -0.39 is 0 Å². The molecule has 0 aliphatic rings. The number of nitrogens with one attached hydrogen (secondary N) is 1. The average Bonchev–Trinajstić information content (AvgIpc) is 3.14. The summed E-state index contributed by atoms with van der Waals surface area (Å²) in [6.07, 6.45) is 0. The Balaban J connectivity index is 1.64. The van der Waals surface area contributed by atoms with Gasteiger partial charge in [0.2, 0.25) is 5.91 Å². The van der Waals surface area contributed by atoms with Crippen molar-refractivity contribution in [3.63, 3.8) is 0 Å². The number of amides is 1. The number of halogens is 1. The zero-order valence-electron chi connectivity index (χ0n) is 14.6. The van der Waals surface area contributed by atoms with Gasteiger partial charge in [0, 0.05) is 16.4 Å². The summed E-state index contributed by atoms with van der Waals surface area (Å²) < 4.78 is 0. The molecule has 26 heavy (non-hydrogen) atoms. The van der Waals surface area contributed by atoms with Crippen molar-refractivity contribution >= 4 is 28.8 Å². The van der Waals surface area contributed by atoms with Crippen LogP contribution in [0.3, 0.4) is 0 Å². The highest BCUT2D eigenvalue weighted by atomic mass is 35.5. The molecule has 0 bridgehead atoms. The molecule has 0 aliphatic heterocycles. The summed E-state index contributed by atoms with van der Waals surface area (Å²) in [5.74, 6) is -0.00298. The van der Waals surface area contributed by atoms with Crippen LogP contribution in [0.1, 0.15) is 22.0 Å². The van der Waals surface area contributed by atoms with Crippen molar-refractivity contribution in [2.24, 2.45) is 0 Å². The zero-order valence-corrected chi connectivity index (χ0v) is 16.1. The van der Waals surface area contributed by atoms with Crippen LogP contribution in [0.25, 0.3) is 0 Å².